The van der Waals surface area contributed by atoms with Crippen molar-refractivity contribution in [1.82, 2.24) is 0 Å². The molecular formula is C13H11BrZn. The molecule has 0 N–H and O–H groups in total. The Balaban J connectivity index is 0.00000112. The summed E-state index contributed by atoms with van der Waals surface area (Å²) in [5, 5.41) is 0. The Morgan fingerprint density at radius 1 is 0.667 bits per heavy atom. The Morgan fingerprint density at radius 2 is 1.00 bits per heavy atom. The molecule has 2 aromatic carbocycles. The molecule has 0 spiro atoms. The van der Waals surface area contributed by atoms with E-state index in [1.807, 2.05) is 0 Å². The minimum absolute atomic E-state index is 0. The van der Waals surface area contributed by atoms with E-state index < -0.39 is 0 Å². The second-order valence-corrected chi connectivity index (χ2v) is 5.09. The molecule has 0 aromatic heterocycles. The zero-order chi connectivity index (χ0) is 9.80. The van der Waals surface area contributed by atoms with Gasteiger partial charge in [0.2, 0.25) is 0 Å². The molecule has 0 bridgehead atoms. The summed E-state index contributed by atoms with van der Waals surface area (Å²) in [6, 6.07) is 21.4. The van der Waals surface area contributed by atoms with E-state index in [4.69, 9.17) is 0 Å². The predicted octanol–water partition coefficient (Wildman–Crippen LogP) is 0.327. The summed E-state index contributed by atoms with van der Waals surface area (Å²) in [5.41, 5.74) is 2.86. The third-order valence-electron chi connectivity index (χ3n) is 2.40. The van der Waals surface area contributed by atoms with Crippen LogP contribution in [0.5, 0.6) is 0 Å². The van der Waals surface area contributed by atoms with Crippen molar-refractivity contribution in [3.63, 3.8) is 0 Å². The van der Waals surface area contributed by atoms with Crippen molar-refractivity contribution < 1.29 is 35.3 Å². The van der Waals surface area contributed by atoms with Gasteiger partial charge in [-0.25, -0.2) is 0 Å². The molecule has 2 heteroatoms. The minimum atomic E-state index is 0. The van der Waals surface area contributed by atoms with Crippen LogP contribution in [0.3, 0.4) is 0 Å². The summed E-state index contributed by atoms with van der Waals surface area (Å²) < 4.78 is 0.609. The Hall–Kier alpha value is -0.457. The molecule has 0 saturated heterocycles. The Morgan fingerprint density at radius 3 is 1.33 bits per heavy atom. The number of halogens is 1. The maximum absolute atomic E-state index is 2.21. The molecule has 0 fully saturated rings. The van der Waals surface area contributed by atoms with Crippen LogP contribution in [0.2, 0.25) is 0 Å². The molecular weight excluding hydrogens is 301 g/mol. The standard InChI is InChI=1S/C13H11.BrH.Zn/c1-3-7-12(8-4-1)11-13-9-5-2-6-10-13;;/h1-11H;1H;/q;;+1/p-1. The molecule has 2 aromatic rings. The Bertz CT molecular complexity index is 346. The first-order valence-electron chi connectivity index (χ1n) is 4.81. The third-order valence-corrected chi connectivity index (χ3v) is 4.38. The van der Waals surface area contributed by atoms with E-state index in [9.17, 15) is 0 Å². The van der Waals surface area contributed by atoms with Gasteiger partial charge in [0.25, 0.3) is 0 Å². The molecule has 2 rings (SSSR count). The average molecular weight is 313 g/mol. The van der Waals surface area contributed by atoms with Gasteiger partial charge in [-0.05, 0) is 0 Å². The second kappa shape index (κ2) is 6.20. The average Bonchev–Trinajstić information content (AvgIpc) is 2.30. The second-order valence-electron chi connectivity index (χ2n) is 3.37. The van der Waals surface area contributed by atoms with Gasteiger partial charge in [0, 0.05) is 0 Å². The van der Waals surface area contributed by atoms with Crippen molar-refractivity contribution in [1.29, 1.82) is 0 Å². The number of rotatable bonds is 2. The molecule has 0 nitrogen and oxygen atoms in total. The number of hydrogen-bond acceptors (Lipinski definition) is 0. The van der Waals surface area contributed by atoms with E-state index in [-0.39, 0.29) is 17.0 Å². The quantitative estimate of drug-likeness (QED) is 0.701. The van der Waals surface area contributed by atoms with Crippen LogP contribution < -0.4 is 17.0 Å². The molecule has 0 aliphatic heterocycles. The zero-order valence-electron chi connectivity index (χ0n) is 8.44. The van der Waals surface area contributed by atoms with Gasteiger partial charge in [0.05, 0.1) is 0 Å². The predicted molar refractivity (Wildman–Crippen MR) is 54.7 cm³/mol. The summed E-state index contributed by atoms with van der Waals surface area (Å²) >= 11 is 1.27. The number of hydrogen-bond donors (Lipinski definition) is 0. The van der Waals surface area contributed by atoms with Crippen LogP contribution in [0.1, 0.15) is 15.6 Å². The van der Waals surface area contributed by atoms with E-state index in [0.717, 1.165) is 0 Å². The van der Waals surface area contributed by atoms with Gasteiger partial charge in [0.1, 0.15) is 0 Å². The fraction of sp³-hybridized carbons (Fsp3) is 0.0769. The molecule has 0 unspecified atom stereocenters. The topological polar surface area (TPSA) is 0 Å². The van der Waals surface area contributed by atoms with Crippen molar-refractivity contribution in [2.75, 3.05) is 0 Å². The fourth-order valence-electron chi connectivity index (χ4n) is 1.56. The van der Waals surface area contributed by atoms with Crippen LogP contribution in [0.25, 0.3) is 0 Å². The molecule has 0 saturated carbocycles. The van der Waals surface area contributed by atoms with E-state index in [0.29, 0.717) is 4.51 Å². The van der Waals surface area contributed by atoms with Crippen molar-refractivity contribution in [2.45, 2.75) is 4.51 Å². The fourth-order valence-corrected chi connectivity index (χ4v) is 2.71. The molecule has 0 amide bonds. The van der Waals surface area contributed by atoms with Gasteiger partial charge in [-0.3, -0.25) is 0 Å². The van der Waals surface area contributed by atoms with E-state index >= 15 is 0 Å². The van der Waals surface area contributed by atoms with Gasteiger partial charge < -0.3 is 17.0 Å². The van der Waals surface area contributed by atoms with E-state index in [2.05, 4.69) is 60.7 Å². The first kappa shape index (κ1) is 12.6. The zero-order valence-corrected chi connectivity index (χ0v) is 13.0. The van der Waals surface area contributed by atoms with Gasteiger partial charge in [-0.2, -0.15) is 0 Å². The number of benzene rings is 2. The Kier molecular flexibility index (Phi) is 5.21. The van der Waals surface area contributed by atoms with Gasteiger partial charge >= 0.3 is 94.6 Å². The summed E-state index contributed by atoms with van der Waals surface area (Å²) in [6.45, 7) is 0. The molecule has 0 atom stereocenters. The molecule has 0 heterocycles. The van der Waals surface area contributed by atoms with Crippen LogP contribution >= 0.6 is 0 Å². The van der Waals surface area contributed by atoms with Crippen molar-refractivity contribution in [3.8, 4) is 0 Å². The maximum atomic E-state index is 2.21. The first-order valence-corrected chi connectivity index (χ1v) is 6.52. The van der Waals surface area contributed by atoms with Crippen LogP contribution in [0.15, 0.2) is 60.7 Å². The summed E-state index contributed by atoms with van der Waals surface area (Å²) in [4.78, 5) is 0. The molecule has 0 radical (unpaired) electrons. The molecule has 15 heavy (non-hydrogen) atoms. The van der Waals surface area contributed by atoms with Crippen LogP contribution in [-0.2, 0) is 18.3 Å². The third kappa shape index (κ3) is 3.26. The van der Waals surface area contributed by atoms with Crippen molar-refractivity contribution >= 4 is 0 Å². The Labute approximate surface area is 111 Å². The summed E-state index contributed by atoms with van der Waals surface area (Å²) in [7, 11) is 0. The molecule has 72 valence electrons. The van der Waals surface area contributed by atoms with Crippen LogP contribution in [0, 0.1) is 0 Å². The summed E-state index contributed by atoms with van der Waals surface area (Å²) in [6.07, 6.45) is 0. The van der Waals surface area contributed by atoms with E-state index in [1.54, 1.807) is 0 Å². The monoisotopic (exact) mass is 310 g/mol. The van der Waals surface area contributed by atoms with Crippen LogP contribution in [0.4, 0.5) is 0 Å². The van der Waals surface area contributed by atoms with Gasteiger partial charge in [-0.15, -0.1) is 0 Å². The molecule has 0 aliphatic rings. The van der Waals surface area contributed by atoms with Gasteiger partial charge in [0.15, 0.2) is 0 Å². The summed E-state index contributed by atoms with van der Waals surface area (Å²) in [5.74, 6) is 0. The normalized spacial score (nSPS) is 9.80. The van der Waals surface area contributed by atoms with Crippen molar-refractivity contribution in [3.05, 3.63) is 71.8 Å². The van der Waals surface area contributed by atoms with E-state index in [1.165, 1.54) is 29.4 Å². The van der Waals surface area contributed by atoms with Crippen LogP contribution in [-0.4, -0.2) is 0 Å². The van der Waals surface area contributed by atoms with Crippen molar-refractivity contribution in [2.24, 2.45) is 0 Å². The molecule has 0 aliphatic carbocycles. The van der Waals surface area contributed by atoms with Gasteiger partial charge in [-0.1, -0.05) is 0 Å². The SMILES string of the molecule is [Br-].[Zn+][CH](c1ccccc1)c1ccccc1. The first-order chi connectivity index (χ1) is 6.88.